The molecule has 5 nitrogen and oxygen atoms in total. The highest BCUT2D eigenvalue weighted by molar-refractivity contribution is 5.87. The molecule has 0 aliphatic heterocycles. The maximum absolute atomic E-state index is 12.1. The van der Waals surface area contributed by atoms with Crippen molar-refractivity contribution in [1.82, 2.24) is 14.0 Å². The Labute approximate surface area is 139 Å². The van der Waals surface area contributed by atoms with Crippen LogP contribution in [0.15, 0.2) is 60.8 Å². The lowest BCUT2D eigenvalue weighted by Gasteiger charge is -2.12. The van der Waals surface area contributed by atoms with Gasteiger partial charge in [0.1, 0.15) is 6.04 Å². The molecule has 2 heterocycles. The van der Waals surface area contributed by atoms with Crippen molar-refractivity contribution in [3.8, 4) is 11.3 Å². The average Bonchev–Trinajstić information content (AvgIpc) is 3.19. The second-order valence-electron chi connectivity index (χ2n) is 5.70. The Hall–Kier alpha value is -3.08. The van der Waals surface area contributed by atoms with Gasteiger partial charge in [0.25, 0.3) is 0 Å². The molecule has 1 atom stereocenters. The number of aromatic nitrogens is 3. The molecule has 0 radical (unpaired) electrons. The summed E-state index contributed by atoms with van der Waals surface area (Å²) in [7, 11) is 1.41. The van der Waals surface area contributed by atoms with Crippen LogP contribution in [-0.4, -0.2) is 27.0 Å². The van der Waals surface area contributed by atoms with E-state index in [4.69, 9.17) is 4.74 Å². The first-order chi connectivity index (χ1) is 11.7. The molecule has 0 N–H and O–H groups in total. The summed E-state index contributed by atoms with van der Waals surface area (Å²) in [6.07, 6.45) is 1.84. The smallest absolute Gasteiger partial charge is 0.328 e. The van der Waals surface area contributed by atoms with Crippen molar-refractivity contribution < 1.29 is 9.53 Å². The lowest BCUT2D eigenvalue weighted by atomic mass is 10.2. The quantitative estimate of drug-likeness (QED) is 0.541. The molecular weight excluding hydrogens is 302 g/mol. The van der Waals surface area contributed by atoms with E-state index in [0.29, 0.717) is 0 Å². The Kier molecular flexibility index (Phi) is 3.34. The van der Waals surface area contributed by atoms with Gasteiger partial charge >= 0.3 is 5.97 Å². The van der Waals surface area contributed by atoms with Crippen LogP contribution in [0.1, 0.15) is 13.0 Å². The van der Waals surface area contributed by atoms with Gasteiger partial charge in [-0.25, -0.2) is 9.78 Å². The zero-order chi connectivity index (χ0) is 16.7. The van der Waals surface area contributed by atoms with Crippen LogP contribution >= 0.6 is 0 Å². The Morgan fingerprint density at radius 2 is 1.71 bits per heavy atom. The van der Waals surface area contributed by atoms with Crippen molar-refractivity contribution in [3.05, 3.63) is 60.8 Å². The number of ether oxygens (including phenoxy) is 1. The molecule has 120 valence electrons. The molecule has 24 heavy (non-hydrogen) atoms. The van der Waals surface area contributed by atoms with Gasteiger partial charge < -0.3 is 4.74 Å². The minimum Gasteiger partial charge on any atom is -0.467 e. The summed E-state index contributed by atoms with van der Waals surface area (Å²) in [6.45, 7) is 1.83. The molecule has 2 aromatic heterocycles. The maximum Gasteiger partial charge on any atom is 0.328 e. The SMILES string of the molecule is COC(=O)C(C)n1c2ccccc2n2c(-c3ccccc3)cnc12. The average molecular weight is 319 g/mol. The molecule has 0 spiro atoms. The third-order valence-corrected chi connectivity index (χ3v) is 4.34. The Bertz CT molecular complexity index is 1030. The third kappa shape index (κ3) is 2.01. The largest absolute Gasteiger partial charge is 0.467 e. The molecule has 0 aliphatic rings. The summed E-state index contributed by atoms with van der Waals surface area (Å²) in [5, 5.41) is 0. The van der Waals surface area contributed by atoms with Crippen molar-refractivity contribution in [3.63, 3.8) is 0 Å². The van der Waals surface area contributed by atoms with Gasteiger partial charge in [-0.1, -0.05) is 42.5 Å². The topological polar surface area (TPSA) is 48.5 Å². The van der Waals surface area contributed by atoms with Crippen molar-refractivity contribution >= 4 is 22.8 Å². The van der Waals surface area contributed by atoms with Crippen LogP contribution < -0.4 is 0 Å². The first kappa shape index (κ1) is 14.5. The van der Waals surface area contributed by atoms with Gasteiger partial charge in [-0.15, -0.1) is 0 Å². The highest BCUT2D eigenvalue weighted by atomic mass is 16.5. The summed E-state index contributed by atoms with van der Waals surface area (Å²) in [6, 6.07) is 17.6. The first-order valence-electron chi connectivity index (χ1n) is 7.82. The van der Waals surface area contributed by atoms with E-state index in [9.17, 15) is 4.79 Å². The summed E-state index contributed by atoms with van der Waals surface area (Å²) in [4.78, 5) is 16.7. The fraction of sp³-hybridized carbons (Fsp3) is 0.158. The molecule has 0 aliphatic carbocycles. The molecule has 0 fully saturated rings. The molecule has 4 rings (SSSR count). The zero-order valence-electron chi connectivity index (χ0n) is 13.5. The first-order valence-corrected chi connectivity index (χ1v) is 7.82. The van der Waals surface area contributed by atoms with Crippen molar-refractivity contribution in [2.24, 2.45) is 0 Å². The number of nitrogens with zero attached hydrogens (tertiary/aromatic N) is 3. The third-order valence-electron chi connectivity index (χ3n) is 4.34. The minimum absolute atomic E-state index is 0.289. The summed E-state index contributed by atoms with van der Waals surface area (Å²) in [5.41, 5.74) is 4.05. The lowest BCUT2D eigenvalue weighted by Crippen LogP contribution is -2.17. The number of methoxy groups -OCH3 is 1. The summed E-state index contributed by atoms with van der Waals surface area (Å²) < 4.78 is 8.94. The molecule has 2 aromatic carbocycles. The van der Waals surface area contributed by atoms with Gasteiger partial charge in [-0.3, -0.25) is 8.97 Å². The molecule has 0 saturated carbocycles. The van der Waals surface area contributed by atoms with E-state index in [1.165, 1.54) is 7.11 Å². The van der Waals surface area contributed by atoms with Crippen molar-refractivity contribution in [2.45, 2.75) is 13.0 Å². The summed E-state index contributed by atoms with van der Waals surface area (Å²) in [5.74, 6) is 0.440. The van der Waals surface area contributed by atoms with E-state index in [2.05, 4.69) is 21.5 Å². The van der Waals surface area contributed by atoms with Gasteiger partial charge in [-0.2, -0.15) is 0 Å². The normalized spacial score (nSPS) is 12.6. The number of imidazole rings is 2. The van der Waals surface area contributed by atoms with Crippen LogP contribution in [0.3, 0.4) is 0 Å². The van der Waals surface area contributed by atoms with E-state index >= 15 is 0 Å². The fourth-order valence-corrected chi connectivity index (χ4v) is 3.18. The number of fused-ring (bicyclic) bond motifs is 3. The van der Waals surface area contributed by atoms with Gasteiger partial charge in [-0.05, 0) is 19.1 Å². The van der Waals surface area contributed by atoms with E-state index in [1.807, 2.05) is 60.2 Å². The number of benzene rings is 2. The highest BCUT2D eigenvalue weighted by Gasteiger charge is 2.23. The van der Waals surface area contributed by atoms with Gasteiger partial charge in [0.2, 0.25) is 5.78 Å². The monoisotopic (exact) mass is 319 g/mol. The van der Waals surface area contributed by atoms with Crippen LogP contribution in [0.5, 0.6) is 0 Å². The molecule has 0 saturated heterocycles. The highest BCUT2D eigenvalue weighted by Crippen LogP contribution is 2.30. The Balaban J connectivity index is 2.07. The molecule has 0 amide bonds. The molecular formula is C19H17N3O2. The van der Waals surface area contributed by atoms with Crippen molar-refractivity contribution in [2.75, 3.05) is 7.11 Å². The van der Waals surface area contributed by atoms with Crippen molar-refractivity contribution in [1.29, 1.82) is 0 Å². The van der Waals surface area contributed by atoms with Crippen LogP contribution in [-0.2, 0) is 9.53 Å². The molecule has 4 aromatic rings. The van der Waals surface area contributed by atoms with Crippen LogP contribution in [0.2, 0.25) is 0 Å². The second-order valence-corrected chi connectivity index (χ2v) is 5.70. The van der Waals surface area contributed by atoms with Crippen LogP contribution in [0.4, 0.5) is 0 Å². The molecule has 0 bridgehead atoms. The van der Waals surface area contributed by atoms with E-state index in [-0.39, 0.29) is 5.97 Å². The number of hydrogen-bond acceptors (Lipinski definition) is 3. The number of para-hydroxylation sites is 2. The number of esters is 1. The van der Waals surface area contributed by atoms with Crippen LogP contribution in [0, 0.1) is 0 Å². The van der Waals surface area contributed by atoms with E-state index in [1.54, 1.807) is 0 Å². The van der Waals surface area contributed by atoms with E-state index in [0.717, 1.165) is 28.1 Å². The predicted octanol–water partition coefficient (Wildman–Crippen LogP) is 3.69. The van der Waals surface area contributed by atoms with Crippen LogP contribution in [0.25, 0.3) is 28.1 Å². The van der Waals surface area contributed by atoms with Gasteiger partial charge in [0.05, 0.1) is 30.0 Å². The van der Waals surface area contributed by atoms with Gasteiger partial charge in [0, 0.05) is 5.56 Å². The zero-order valence-corrected chi connectivity index (χ0v) is 13.5. The molecule has 1 unspecified atom stereocenters. The van der Waals surface area contributed by atoms with E-state index < -0.39 is 6.04 Å². The summed E-state index contributed by atoms with van der Waals surface area (Å²) >= 11 is 0. The Morgan fingerprint density at radius 1 is 1.04 bits per heavy atom. The number of carbonyl (C=O) groups excluding carboxylic acids is 1. The number of carbonyl (C=O) groups is 1. The minimum atomic E-state index is -0.455. The maximum atomic E-state index is 12.1. The number of hydrogen-bond donors (Lipinski definition) is 0. The Morgan fingerprint density at radius 3 is 2.42 bits per heavy atom. The predicted molar refractivity (Wildman–Crippen MR) is 92.9 cm³/mol. The fourth-order valence-electron chi connectivity index (χ4n) is 3.18. The lowest BCUT2D eigenvalue weighted by molar-refractivity contribution is -0.143. The van der Waals surface area contributed by atoms with Gasteiger partial charge in [0.15, 0.2) is 0 Å². The standard InChI is InChI=1S/C19H17N3O2/c1-13(18(23)24-2)21-15-10-6-7-11-16(15)22-17(12-20-19(21)22)14-8-4-3-5-9-14/h3-13H,1-2H3. The molecule has 5 heteroatoms. The number of rotatable bonds is 3. The second kappa shape index (κ2) is 5.53.